The molecule has 9 rings (SSSR count). The molecule has 0 saturated heterocycles. The number of aromatic nitrogens is 6. The van der Waals surface area contributed by atoms with E-state index >= 15 is 0 Å². The summed E-state index contributed by atoms with van der Waals surface area (Å²) in [6.45, 7) is 0. The molecule has 6 aromatic carbocycles. The van der Waals surface area contributed by atoms with Crippen LogP contribution < -0.4 is 0 Å². The lowest BCUT2D eigenvalue weighted by molar-refractivity contribution is 1.08. The molecule has 9 aromatic rings. The van der Waals surface area contributed by atoms with E-state index in [4.69, 9.17) is 24.9 Å². The highest BCUT2D eigenvalue weighted by Gasteiger charge is 2.18. The molecule has 0 amide bonds. The number of fused-ring (bicyclic) bond motifs is 2. The fourth-order valence-corrected chi connectivity index (χ4v) is 6.44. The maximum atomic E-state index is 5.08. The van der Waals surface area contributed by atoms with E-state index in [9.17, 15) is 0 Å². The first kappa shape index (κ1) is 28.4. The Kier molecular flexibility index (Phi) is 7.02. The van der Waals surface area contributed by atoms with Crippen molar-refractivity contribution < 1.29 is 0 Å². The normalized spacial score (nSPS) is 11.3. The van der Waals surface area contributed by atoms with Gasteiger partial charge in [-0.1, -0.05) is 121 Å². The molecule has 0 unspecified atom stereocenters. The molecular weight excluding hydrogens is 601 g/mol. The Morgan fingerprint density at radius 3 is 1.61 bits per heavy atom. The zero-order valence-electron chi connectivity index (χ0n) is 26.3. The van der Waals surface area contributed by atoms with Gasteiger partial charge in [-0.15, -0.1) is 0 Å². The molecule has 6 heteroatoms. The van der Waals surface area contributed by atoms with Crippen molar-refractivity contribution in [3.63, 3.8) is 0 Å². The van der Waals surface area contributed by atoms with Gasteiger partial charge in [0.05, 0.1) is 11.0 Å². The van der Waals surface area contributed by atoms with E-state index < -0.39 is 0 Å². The van der Waals surface area contributed by atoms with Gasteiger partial charge in [-0.2, -0.15) is 0 Å². The zero-order chi connectivity index (χ0) is 32.6. The Morgan fingerprint density at radius 2 is 0.918 bits per heavy atom. The van der Waals surface area contributed by atoms with E-state index in [-0.39, 0.29) is 0 Å². The number of rotatable bonds is 6. The number of hydrogen-bond donors (Lipinski definition) is 0. The van der Waals surface area contributed by atoms with Gasteiger partial charge >= 0.3 is 0 Å². The molecule has 3 aromatic heterocycles. The molecule has 0 aliphatic heterocycles. The second-order valence-electron chi connectivity index (χ2n) is 11.8. The van der Waals surface area contributed by atoms with Crippen LogP contribution in [0.4, 0.5) is 0 Å². The molecule has 0 aliphatic carbocycles. The first-order valence-electron chi connectivity index (χ1n) is 16.2. The van der Waals surface area contributed by atoms with Crippen molar-refractivity contribution >= 4 is 21.8 Å². The third-order valence-electron chi connectivity index (χ3n) is 8.75. The van der Waals surface area contributed by atoms with Crippen molar-refractivity contribution in [2.45, 2.75) is 0 Å². The summed E-state index contributed by atoms with van der Waals surface area (Å²) in [7, 11) is 0. The molecule has 0 aliphatic rings. The third kappa shape index (κ3) is 5.22. The number of benzene rings is 6. The summed E-state index contributed by atoms with van der Waals surface area (Å²) in [6.07, 6.45) is 3.81. The van der Waals surface area contributed by atoms with Gasteiger partial charge in [0.25, 0.3) is 0 Å². The van der Waals surface area contributed by atoms with Gasteiger partial charge in [0.1, 0.15) is 5.82 Å². The summed E-state index contributed by atoms with van der Waals surface area (Å²) in [5.74, 6) is 2.74. The molecule has 0 radical (unpaired) electrons. The van der Waals surface area contributed by atoms with Crippen molar-refractivity contribution in [2.75, 3.05) is 0 Å². The van der Waals surface area contributed by atoms with Crippen LogP contribution in [0, 0.1) is 0 Å². The van der Waals surface area contributed by atoms with Crippen LogP contribution in [-0.2, 0) is 0 Å². The van der Waals surface area contributed by atoms with Crippen LogP contribution in [0.1, 0.15) is 0 Å². The minimum Gasteiger partial charge on any atom is -0.292 e. The van der Waals surface area contributed by atoms with E-state index in [2.05, 4.69) is 71.3 Å². The van der Waals surface area contributed by atoms with Crippen LogP contribution in [0.25, 0.3) is 84.2 Å². The molecule has 0 atom stereocenters. The van der Waals surface area contributed by atoms with Crippen molar-refractivity contribution in [3.05, 3.63) is 170 Å². The Balaban J connectivity index is 1.20. The average Bonchev–Trinajstić information content (AvgIpc) is 3.58. The van der Waals surface area contributed by atoms with Gasteiger partial charge in [0, 0.05) is 45.9 Å². The second-order valence-corrected chi connectivity index (χ2v) is 11.8. The fraction of sp³-hybridized carbons (Fsp3) is 0. The monoisotopic (exact) mass is 628 g/mol. The number of pyridine rings is 1. The zero-order valence-corrected chi connectivity index (χ0v) is 26.3. The lowest BCUT2D eigenvalue weighted by Crippen LogP contribution is -2.00. The Labute approximate surface area is 283 Å². The predicted molar refractivity (Wildman–Crippen MR) is 197 cm³/mol. The molecule has 3 heterocycles. The van der Waals surface area contributed by atoms with Crippen LogP contribution in [0.15, 0.2) is 170 Å². The van der Waals surface area contributed by atoms with E-state index in [0.29, 0.717) is 17.5 Å². The van der Waals surface area contributed by atoms with Crippen LogP contribution in [0.3, 0.4) is 0 Å². The van der Waals surface area contributed by atoms with Crippen molar-refractivity contribution in [3.8, 4) is 62.4 Å². The summed E-state index contributed by atoms with van der Waals surface area (Å²) in [5, 5.41) is 2.13. The molecule has 0 fully saturated rings. The highest BCUT2D eigenvalue weighted by Crippen LogP contribution is 2.37. The van der Waals surface area contributed by atoms with Gasteiger partial charge in [-0.25, -0.2) is 19.9 Å². The highest BCUT2D eigenvalue weighted by molar-refractivity contribution is 6.04. The first-order valence-corrected chi connectivity index (χ1v) is 16.2. The van der Waals surface area contributed by atoms with Crippen molar-refractivity contribution in [1.29, 1.82) is 0 Å². The molecule has 0 spiro atoms. The van der Waals surface area contributed by atoms with Crippen LogP contribution >= 0.6 is 0 Å². The summed E-state index contributed by atoms with van der Waals surface area (Å²) < 4.78 is 2.20. The Hall–Kier alpha value is -6.79. The van der Waals surface area contributed by atoms with Crippen LogP contribution in [0.5, 0.6) is 0 Å². The smallest absolute Gasteiger partial charge is 0.164 e. The molecule has 49 heavy (non-hydrogen) atoms. The van der Waals surface area contributed by atoms with Gasteiger partial charge in [0.15, 0.2) is 17.5 Å². The molecule has 6 nitrogen and oxygen atoms in total. The van der Waals surface area contributed by atoms with Gasteiger partial charge in [-0.3, -0.25) is 9.55 Å². The topological polar surface area (TPSA) is 69.4 Å². The Morgan fingerprint density at radius 1 is 0.388 bits per heavy atom. The van der Waals surface area contributed by atoms with Gasteiger partial charge in [0.2, 0.25) is 0 Å². The maximum absolute atomic E-state index is 5.08. The minimum absolute atomic E-state index is 0.624. The average molecular weight is 629 g/mol. The van der Waals surface area contributed by atoms with Crippen molar-refractivity contribution in [1.82, 2.24) is 29.5 Å². The SMILES string of the molecule is c1ccc(-c2nc(-c3ccccc3)nc(-c3ccc(-c4cncc(-c5nc6ccccc6n5-c5ccccc5)c4)c4ccccc34)n2)cc1. The van der Waals surface area contributed by atoms with E-state index in [1.54, 1.807) is 0 Å². The molecule has 0 bridgehead atoms. The largest absolute Gasteiger partial charge is 0.292 e. The Bertz CT molecular complexity index is 2540. The standard InChI is InChI=1S/C43H28N6/c1-4-14-29(15-5-1)40-46-41(30-16-6-2-7-17-30)48-42(47-40)37-25-24-34(35-20-10-11-21-36(35)37)31-26-32(28-44-27-31)43-45-38-22-12-13-23-39(38)49(43)33-18-8-3-9-19-33/h1-28H. The van der Waals surface area contributed by atoms with Gasteiger partial charge in [-0.05, 0) is 52.7 Å². The summed E-state index contributed by atoms with van der Waals surface area (Å²) >= 11 is 0. The maximum Gasteiger partial charge on any atom is 0.164 e. The summed E-state index contributed by atoms with van der Waals surface area (Å²) in [6, 6.07) is 53.5. The summed E-state index contributed by atoms with van der Waals surface area (Å²) in [4.78, 5) is 24.7. The quantitative estimate of drug-likeness (QED) is 0.183. The minimum atomic E-state index is 0.624. The molecule has 230 valence electrons. The number of hydrogen-bond acceptors (Lipinski definition) is 5. The van der Waals surface area contributed by atoms with Crippen LogP contribution in [-0.4, -0.2) is 29.5 Å². The first-order chi connectivity index (χ1) is 24.3. The number of imidazole rings is 1. The third-order valence-corrected chi connectivity index (χ3v) is 8.75. The lowest BCUT2D eigenvalue weighted by Gasteiger charge is -2.14. The highest BCUT2D eigenvalue weighted by atomic mass is 15.1. The molecular formula is C43H28N6. The fourth-order valence-electron chi connectivity index (χ4n) is 6.44. The van der Waals surface area contributed by atoms with E-state index in [0.717, 1.165) is 66.7 Å². The summed E-state index contributed by atoms with van der Waals surface area (Å²) in [5.41, 5.74) is 8.84. The van der Waals surface area contributed by atoms with E-state index in [1.165, 1.54) is 0 Å². The lowest BCUT2D eigenvalue weighted by atomic mass is 9.95. The van der Waals surface area contributed by atoms with Crippen LogP contribution in [0.2, 0.25) is 0 Å². The molecule has 0 saturated carbocycles. The van der Waals surface area contributed by atoms with Gasteiger partial charge < -0.3 is 0 Å². The van der Waals surface area contributed by atoms with E-state index in [1.807, 2.05) is 103 Å². The number of para-hydroxylation sites is 3. The predicted octanol–water partition coefficient (Wildman–Crippen LogP) is 10.1. The number of nitrogens with zero attached hydrogens (tertiary/aromatic N) is 6. The molecule has 0 N–H and O–H groups in total. The van der Waals surface area contributed by atoms with Crippen molar-refractivity contribution in [2.24, 2.45) is 0 Å². The second kappa shape index (κ2) is 12.1.